The van der Waals surface area contributed by atoms with Crippen LogP contribution < -0.4 is 5.32 Å². The van der Waals surface area contributed by atoms with Crippen molar-refractivity contribution in [3.63, 3.8) is 0 Å². The zero-order valence-electron chi connectivity index (χ0n) is 14.8. The fourth-order valence-electron chi connectivity index (χ4n) is 3.20. The molecule has 1 aliphatic heterocycles. The first-order valence-electron chi connectivity index (χ1n) is 8.87. The second kappa shape index (κ2) is 8.92. The molecule has 2 aromatic rings. The molecule has 1 aliphatic rings. The molecule has 1 fully saturated rings. The average molecular weight is 389 g/mol. The van der Waals surface area contributed by atoms with E-state index in [9.17, 15) is 14.9 Å². The number of hydrogen-bond acceptors (Lipinski definition) is 5. The van der Waals surface area contributed by atoms with Crippen molar-refractivity contribution in [2.75, 3.05) is 19.6 Å². The van der Waals surface area contributed by atoms with E-state index in [0.29, 0.717) is 12.5 Å². The van der Waals surface area contributed by atoms with Crippen LogP contribution in [0, 0.1) is 16.0 Å². The molecule has 7 nitrogen and oxygen atoms in total. The molecule has 0 aliphatic carbocycles. The highest BCUT2D eigenvalue weighted by Crippen LogP contribution is 2.23. The maximum atomic E-state index is 12.3. The van der Waals surface area contributed by atoms with E-state index in [4.69, 9.17) is 11.6 Å². The fourth-order valence-corrected chi connectivity index (χ4v) is 3.46. The van der Waals surface area contributed by atoms with Gasteiger partial charge < -0.3 is 5.32 Å². The van der Waals surface area contributed by atoms with Crippen molar-refractivity contribution in [3.8, 4) is 0 Å². The SMILES string of the molecule is O=C(NCC1CCN(Cc2ccccn2)CC1)c1ccc([N+](=O)[O-])cc1Cl. The van der Waals surface area contributed by atoms with Gasteiger partial charge >= 0.3 is 0 Å². The third-order valence-corrected chi connectivity index (χ3v) is 5.09. The van der Waals surface area contributed by atoms with Crippen molar-refractivity contribution in [2.45, 2.75) is 19.4 Å². The van der Waals surface area contributed by atoms with Crippen LogP contribution in [0.15, 0.2) is 42.6 Å². The van der Waals surface area contributed by atoms with Crippen molar-refractivity contribution < 1.29 is 9.72 Å². The number of carbonyl (C=O) groups excluding carboxylic acids is 1. The van der Waals surface area contributed by atoms with Crippen molar-refractivity contribution >= 4 is 23.2 Å². The van der Waals surface area contributed by atoms with Crippen LogP contribution in [0.1, 0.15) is 28.9 Å². The van der Waals surface area contributed by atoms with Crippen molar-refractivity contribution in [1.82, 2.24) is 15.2 Å². The Morgan fingerprint density at radius 3 is 2.70 bits per heavy atom. The van der Waals surface area contributed by atoms with Crippen LogP contribution in [-0.2, 0) is 6.54 Å². The lowest BCUT2D eigenvalue weighted by Crippen LogP contribution is -2.38. The lowest BCUT2D eigenvalue weighted by atomic mass is 9.96. The summed E-state index contributed by atoms with van der Waals surface area (Å²) in [6.45, 7) is 3.35. The maximum absolute atomic E-state index is 12.3. The molecule has 27 heavy (non-hydrogen) atoms. The molecule has 1 aromatic carbocycles. The van der Waals surface area contributed by atoms with E-state index in [0.717, 1.165) is 38.2 Å². The predicted molar refractivity (Wildman–Crippen MR) is 103 cm³/mol. The molecule has 8 heteroatoms. The number of hydrogen-bond donors (Lipinski definition) is 1. The molecule has 1 aromatic heterocycles. The summed E-state index contributed by atoms with van der Waals surface area (Å²) >= 11 is 6.01. The molecule has 1 N–H and O–H groups in total. The summed E-state index contributed by atoms with van der Waals surface area (Å²) in [6, 6.07) is 9.82. The number of amides is 1. The molecule has 1 amide bonds. The molecular weight excluding hydrogens is 368 g/mol. The minimum Gasteiger partial charge on any atom is -0.352 e. The van der Waals surface area contributed by atoms with E-state index in [1.807, 2.05) is 18.2 Å². The summed E-state index contributed by atoms with van der Waals surface area (Å²) < 4.78 is 0. The van der Waals surface area contributed by atoms with Crippen molar-refractivity contribution in [2.24, 2.45) is 5.92 Å². The Morgan fingerprint density at radius 1 is 1.30 bits per heavy atom. The van der Waals surface area contributed by atoms with E-state index in [1.54, 1.807) is 6.20 Å². The molecule has 0 spiro atoms. The number of nitro benzene ring substituents is 1. The second-order valence-electron chi connectivity index (χ2n) is 6.67. The predicted octanol–water partition coefficient (Wildman–Crippen LogP) is 3.29. The first kappa shape index (κ1) is 19.3. The number of non-ortho nitro benzene ring substituents is 1. The molecule has 0 saturated carbocycles. The van der Waals surface area contributed by atoms with Gasteiger partial charge in [-0.05, 0) is 50.0 Å². The van der Waals surface area contributed by atoms with Gasteiger partial charge in [-0.3, -0.25) is 24.8 Å². The van der Waals surface area contributed by atoms with E-state index >= 15 is 0 Å². The normalized spacial score (nSPS) is 15.4. The first-order valence-corrected chi connectivity index (χ1v) is 9.25. The number of halogens is 1. The van der Waals surface area contributed by atoms with Crippen molar-refractivity contribution in [1.29, 1.82) is 0 Å². The number of nitro groups is 1. The summed E-state index contributed by atoms with van der Waals surface area (Å²) in [5.41, 5.74) is 1.20. The number of rotatable bonds is 6. The van der Waals surface area contributed by atoms with Gasteiger partial charge in [0.15, 0.2) is 0 Å². The van der Waals surface area contributed by atoms with Crippen LogP contribution in [0.25, 0.3) is 0 Å². The highest BCUT2D eigenvalue weighted by Gasteiger charge is 2.21. The van der Waals surface area contributed by atoms with Gasteiger partial charge in [0.05, 0.1) is 21.2 Å². The largest absolute Gasteiger partial charge is 0.352 e. The van der Waals surface area contributed by atoms with Crippen LogP contribution in [-0.4, -0.2) is 40.3 Å². The third kappa shape index (κ3) is 5.24. The van der Waals surface area contributed by atoms with Gasteiger partial charge in [-0.15, -0.1) is 0 Å². The zero-order valence-corrected chi connectivity index (χ0v) is 15.6. The number of nitrogens with zero attached hydrogens (tertiary/aromatic N) is 3. The summed E-state index contributed by atoms with van der Waals surface area (Å²) in [4.78, 5) is 29.2. The van der Waals surface area contributed by atoms with Gasteiger partial charge in [0.25, 0.3) is 11.6 Å². The van der Waals surface area contributed by atoms with E-state index in [2.05, 4.69) is 15.2 Å². The summed E-state index contributed by atoms with van der Waals surface area (Å²) in [6.07, 6.45) is 3.81. The number of pyridine rings is 1. The lowest BCUT2D eigenvalue weighted by Gasteiger charge is -2.31. The van der Waals surface area contributed by atoms with Gasteiger partial charge in [-0.2, -0.15) is 0 Å². The number of aromatic nitrogens is 1. The smallest absolute Gasteiger partial charge is 0.270 e. The first-order chi connectivity index (χ1) is 13.0. The van der Waals surface area contributed by atoms with Crippen molar-refractivity contribution in [3.05, 3.63) is 69.0 Å². The Balaban J connectivity index is 1.46. The Bertz CT molecular complexity index is 808. The maximum Gasteiger partial charge on any atom is 0.270 e. The summed E-state index contributed by atoms with van der Waals surface area (Å²) in [7, 11) is 0. The highest BCUT2D eigenvalue weighted by atomic mass is 35.5. The number of piperidine rings is 1. The standard InChI is InChI=1S/C19H21ClN4O3/c20-18-11-16(24(26)27)4-5-17(18)19(25)22-12-14-6-9-23(10-7-14)13-15-3-1-2-8-21-15/h1-5,8,11,14H,6-7,9-10,12-13H2,(H,22,25). The third-order valence-electron chi connectivity index (χ3n) is 4.78. The quantitative estimate of drug-likeness (QED) is 0.606. The fraction of sp³-hybridized carbons (Fsp3) is 0.368. The monoisotopic (exact) mass is 388 g/mol. The molecule has 3 rings (SSSR count). The van der Waals surface area contributed by atoms with Crippen LogP contribution in [0.3, 0.4) is 0 Å². The number of nitrogens with one attached hydrogen (secondary N) is 1. The van der Waals surface area contributed by atoms with E-state index in [1.165, 1.54) is 18.2 Å². The summed E-state index contributed by atoms with van der Waals surface area (Å²) in [5, 5.41) is 13.7. The minimum absolute atomic E-state index is 0.0897. The number of benzene rings is 1. The molecule has 0 radical (unpaired) electrons. The van der Waals surface area contributed by atoms with Crippen LogP contribution in [0.5, 0.6) is 0 Å². The van der Waals surface area contributed by atoms with Crippen LogP contribution in [0.2, 0.25) is 5.02 Å². The van der Waals surface area contributed by atoms with Crippen LogP contribution >= 0.6 is 11.6 Å². The van der Waals surface area contributed by atoms with Gasteiger partial charge in [-0.25, -0.2) is 0 Å². The van der Waals surface area contributed by atoms with E-state index in [-0.39, 0.29) is 22.2 Å². The minimum atomic E-state index is -0.535. The second-order valence-corrected chi connectivity index (χ2v) is 7.08. The van der Waals surface area contributed by atoms with Crippen LogP contribution in [0.4, 0.5) is 5.69 Å². The Labute approximate surface area is 162 Å². The molecule has 0 bridgehead atoms. The lowest BCUT2D eigenvalue weighted by molar-refractivity contribution is -0.384. The van der Waals surface area contributed by atoms with E-state index < -0.39 is 4.92 Å². The molecule has 2 heterocycles. The molecule has 0 atom stereocenters. The average Bonchev–Trinajstić information content (AvgIpc) is 2.68. The van der Waals surface area contributed by atoms with Gasteiger partial charge in [0, 0.05) is 31.4 Å². The Morgan fingerprint density at radius 2 is 2.07 bits per heavy atom. The summed E-state index contributed by atoms with van der Waals surface area (Å²) in [5.74, 6) is 0.108. The molecule has 1 saturated heterocycles. The highest BCUT2D eigenvalue weighted by molar-refractivity contribution is 6.34. The molecule has 142 valence electrons. The molecule has 0 unspecified atom stereocenters. The van der Waals surface area contributed by atoms with Gasteiger partial charge in [-0.1, -0.05) is 17.7 Å². The zero-order chi connectivity index (χ0) is 19.2. The molecular formula is C19H21ClN4O3. The number of likely N-dealkylation sites (tertiary alicyclic amines) is 1. The number of carbonyl (C=O) groups is 1. The Kier molecular flexibility index (Phi) is 6.36. The Hall–Kier alpha value is -2.51. The topological polar surface area (TPSA) is 88.4 Å². The van der Waals surface area contributed by atoms with Gasteiger partial charge in [0.1, 0.15) is 0 Å². The van der Waals surface area contributed by atoms with Gasteiger partial charge in [0.2, 0.25) is 0 Å².